The first kappa shape index (κ1) is 23.6. The first-order valence-electron chi connectivity index (χ1n) is 12.6. The van der Waals surface area contributed by atoms with Crippen LogP contribution in [0.5, 0.6) is 5.75 Å². The Labute approximate surface area is 199 Å². The molecule has 0 aromatic heterocycles. The Balaban J connectivity index is 1.33. The molecule has 5 nitrogen and oxygen atoms in total. The van der Waals surface area contributed by atoms with E-state index in [1.165, 1.54) is 24.0 Å². The lowest BCUT2D eigenvalue weighted by molar-refractivity contribution is 0.118. The number of carbonyl (C=O) groups is 1. The fraction of sp³-hybridized carbons (Fsp3) is 0.536. The number of para-hydroxylation sites is 1. The summed E-state index contributed by atoms with van der Waals surface area (Å²) < 4.78 is 5.47. The Hall–Kier alpha value is -2.53. The monoisotopic (exact) mass is 449 g/mol. The van der Waals surface area contributed by atoms with E-state index in [0.29, 0.717) is 12.0 Å². The standard InChI is InChI=1S/C28H39N3O2/c1-4-16-31(26-12-10-23-11-13-27(33-3)20-24(23)19-26)21-22-14-17-30(18-15-22)28(32)29(2)25-8-6-5-7-9-25/h5-9,11,13,20,22,26H,4,10,12,14-19,21H2,1-3H3. The molecule has 4 rings (SSSR count). The molecule has 1 atom stereocenters. The van der Waals surface area contributed by atoms with Crippen molar-refractivity contribution >= 4 is 11.7 Å². The van der Waals surface area contributed by atoms with Crippen molar-refractivity contribution in [3.63, 3.8) is 0 Å². The molecule has 0 N–H and O–H groups in total. The van der Waals surface area contributed by atoms with Crippen molar-refractivity contribution in [2.24, 2.45) is 5.92 Å². The third-order valence-corrected chi connectivity index (χ3v) is 7.45. The second kappa shape index (κ2) is 11.1. The largest absolute Gasteiger partial charge is 0.497 e. The van der Waals surface area contributed by atoms with Crippen molar-refractivity contribution in [1.82, 2.24) is 9.80 Å². The van der Waals surface area contributed by atoms with Crippen LogP contribution in [0.15, 0.2) is 48.5 Å². The van der Waals surface area contributed by atoms with Gasteiger partial charge in [-0.3, -0.25) is 9.80 Å². The number of urea groups is 1. The van der Waals surface area contributed by atoms with Crippen molar-refractivity contribution in [2.75, 3.05) is 45.2 Å². The summed E-state index contributed by atoms with van der Waals surface area (Å²) in [5.74, 6) is 1.63. The number of benzene rings is 2. The van der Waals surface area contributed by atoms with Gasteiger partial charge in [0.1, 0.15) is 5.75 Å². The van der Waals surface area contributed by atoms with E-state index in [4.69, 9.17) is 4.74 Å². The molecule has 0 bridgehead atoms. The smallest absolute Gasteiger partial charge is 0.324 e. The summed E-state index contributed by atoms with van der Waals surface area (Å²) in [4.78, 5) is 19.5. The molecule has 5 heteroatoms. The first-order chi connectivity index (χ1) is 16.1. The van der Waals surface area contributed by atoms with Gasteiger partial charge in [-0.25, -0.2) is 4.79 Å². The molecule has 0 saturated carbocycles. The minimum Gasteiger partial charge on any atom is -0.497 e. The van der Waals surface area contributed by atoms with Crippen molar-refractivity contribution in [3.05, 3.63) is 59.7 Å². The first-order valence-corrected chi connectivity index (χ1v) is 12.6. The molecular formula is C28H39N3O2. The van der Waals surface area contributed by atoms with Gasteiger partial charge in [-0.1, -0.05) is 31.2 Å². The summed E-state index contributed by atoms with van der Waals surface area (Å²) in [6.45, 7) is 6.29. The number of aryl methyl sites for hydroxylation is 1. The van der Waals surface area contributed by atoms with Gasteiger partial charge in [0.2, 0.25) is 0 Å². The van der Waals surface area contributed by atoms with Crippen LogP contribution in [0.4, 0.5) is 10.5 Å². The Morgan fingerprint density at radius 3 is 2.52 bits per heavy atom. The van der Waals surface area contributed by atoms with Crippen LogP contribution in [0.1, 0.15) is 43.7 Å². The molecule has 2 amide bonds. The second-order valence-electron chi connectivity index (χ2n) is 9.63. The van der Waals surface area contributed by atoms with Crippen molar-refractivity contribution in [1.29, 1.82) is 0 Å². The molecular weight excluding hydrogens is 410 g/mol. The van der Waals surface area contributed by atoms with Crippen LogP contribution in [0.2, 0.25) is 0 Å². The van der Waals surface area contributed by atoms with Gasteiger partial charge in [0.15, 0.2) is 0 Å². The van der Waals surface area contributed by atoms with E-state index in [-0.39, 0.29) is 6.03 Å². The molecule has 1 unspecified atom stereocenters. The number of rotatable bonds is 7. The molecule has 0 spiro atoms. The minimum absolute atomic E-state index is 0.114. The summed E-state index contributed by atoms with van der Waals surface area (Å²) in [5, 5.41) is 0. The Kier molecular flexibility index (Phi) is 7.92. The van der Waals surface area contributed by atoms with E-state index in [9.17, 15) is 4.79 Å². The zero-order valence-electron chi connectivity index (χ0n) is 20.5. The van der Waals surface area contributed by atoms with Crippen LogP contribution in [-0.2, 0) is 12.8 Å². The fourth-order valence-electron chi connectivity index (χ4n) is 5.48. The maximum absolute atomic E-state index is 13.0. The Morgan fingerprint density at radius 2 is 1.82 bits per heavy atom. The molecule has 2 aromatic carbocycles. The number of likely N-dealkylation sites (tertiary alicyclic amines) is 1. The van der Waals surface area contributed by atoms with E-state index in [0.717, 1.165) is 63.3 Å². The summed E-state index contributed by atoms with van der Waals surface area (Å²) in [6.07, 6.45) is 6.87. The molecule has 1 aliphatic carbocycles. The lowest BCUT2D eigenvalue weighted by atomic mass is 9.86. The maximum atomic E-state index is 13.0. The van der Waals surface area contributed by atoms with Gasteiger partial charge in [-0.05, 0) is 86.4 Å². The van der Waals surface area contributed by atoms with E-state index in [2.05, 4.69) is 30.0 Å². The average Bonchev–Trinajstić information content (AvgIpc) is 2.87. The predicted octanol–water partition coefficient (Wildman–Crippen LogP) is 5.23. The number of hydrogen-bond acceptors (Lipinski definition) is 3. The molecule has 1 aliphatic heterocycles. The highest BCUT2D eigenvalue weighted by molar-refractivity contribution is 5.91. The summed E-state index contributed by atoms with van der Waals surface area (Å²) in [6, 6.07) is 17.2. The quantitative estimate of drug-likeness (QED) is 0.580. The summed E-state index contributed by atoms with van der Waals surface area (Å²) >= 11 is 0. The Bertz CT molecular complexity index is 909. The molecule has 1 fully saturated rings. The number of piperidine rings is 1. The SMILES string of the molecule is CCCN(CC1CCN(C(=O)N(C)c2ccccc2)CC1)C1CCc2ccc(OC)cc2C1. The van der Waals surface area contributed by atoms with Crippen LogP contribution in [-0.4, -0.2) is 62.2 Å². The van der Waals surface area contributed by atoms with Crippen molar-refractivity contribution in [3.8, 4) is 5.75 Å². The van der Waals surface area contributed by atoms with Gasteiger partial charge in [-0.2, -0.15) is 0 Å². The van der Waals surface area contributed by atoms with Gasteiger partial charge in [-0.15, -0.1) is 0 Å². The highest BCUT2D eigenvalue weighted by atomic mass is 16.5. The number of fused-ring (bicyclic) bond motifs is 1. The third kappa shape index (κ3) is 5.70. The van der Waals surface area contributed by atoms with E-state index >= 15 is 0 Å². The normalized spacial score (nSPS) is 18.8. The van der Waals surface area contributed by atoms with Gasteiger partial charge in [0.05, 0.1) is 7.11 Å². The van der Waals surface area contributed by atoms with Gasteiger partial charge < -0.3 is 9.64 Å². The highest BCUT2D eigenvalue weighted by Crippen LogP contribution is 2.30. The van der Waals surface area contributed by atoms with E-state index < -0.39 is 0 Å². The van der Waals surface area contributed by atoms with Crippen LogP contribution < -0.4 is 9.64 Å². The van der Waals surface area contributed by atoms with Gasteiger partial charge >= 0.3 is 6.03 Å². The van der Waals surface area contributed by atoms with Gasteiger partial charge in [0, 0.05) is 38.4 Å². The number of nitrogens with zero attached hydrogens (tertiary/aromatic N) is 3. The lowest BCUT2D eigenvalue weighted by Crippen LogP contribution is -2.48. The van der Waals surface area contributed by atoms with Gasteiger partial charge in [0.25, 0.3) is 0 Å². The number of ether oxygens (including phenoxy) is 1. The number of carbonyl (C=O) groups excluding carboxylic acids is 1. The van der Waals surface area contributed by atoms with Crippen LogP contribution in [0, 0.1) is 5.92 Å². The molecule has 178 valence electrons. The molecule has 0 radical (unpaired) electrons. The summed E-state index contributed by atoms with van der Waals surface area (Å²) in [5.41, 5.74) is 3.89. The second-order valence-corrected chi connectivity index (χ2v) is 9.63. The van der Waals surface area contributed by atoms with Crippen LogP contribution in [0.25, 0.3) is 0 Å². The third-order valence-electron chi connectivity index (χ3n) is 7.45. The van der Waals surface area contributed by atoms with E-state index in [1.54, 1.807) is 12.0 Å². The molecule has 2 aliphatic rings. The zero-order valence-corrected chi connectivity index (χ0v) is 20.5. The highest BCUT2D eigenvalue weighted by Gasteiger charge is 2.30. The van der Waals surface area contributed by atoms with Crippen LogP contribution in [0.3, 0.4) is 0 Å². The number of amides is 2. The van der Waals surface area contributed by atoms with E-state index in [1.807, 2.05) is 42.3 Å². The van der Waals surface area contributed by atoms with Crippen LogP contribution >= 0.6 is 0 Å². The molecule has 1 heterocycles. The fourth-order valence-corrected chi connectivity index (χ4v) is 5.48. The minimum atomic E-state index is 0.114. The topological polar surface area (TPSA) is 36.0 Å². The molecule has 1 saturated heterocycles. The number of methoxy groups -OCH3 is 1. The number of hydrogen-bond donors (Lipinski definition) is 0. The molecule has 2 aromatic rings. The average molecular weight is 450 g/mol. The Morgan fingerprint density at radius 1 is 1.06 bits per heavy atom. The van der Waals surface area contributed by atoms with Crippen molar-refractivity contribution in [2.45, 2.75) is 51.5 Å². The number of anilines is 1. The molecule has 33 heavy (non-hydrogen) atoms. The lowest BCUT2D eigenvalue weighted by Gasteiger charge is -2.40. The summed E-state index contributed by atoms with van der Waals surface area (Å²) in [7, 11) is 3.63. The zero-order chi connectivity index (χ0) is 23.2. The maximum Gasteiger partial charge on any atom is 0.324 e. The predicted molar refractivity (Wildman–Crippen MR) is 135 cm³/mol. The van der Waals surface area contributed by atoms with Crippen molar-refractivity contribution < 1.29 is 9.53 Å².